The third kappa shape index (κ3) is 4.34. The summed E-state index contributed by atoms with van der Waals surface area (Å²) in [5, 5.41) is 10.6. The van der Waals surface area contributed by atoms with Crippen LogP contribution in [-0.2, 0) is 14.9 Å². The van der Waals surface area contributed by atoms with E-state index in [1.54, 1.807) is 62.1 Å². The lowest BCUT2D eigenvalue weighted by molar-refractivity contribution is -0.156. The molecule has 1 heterocycles. The zero-order chi connectivity index (χ0) is 21.4. The molecule has 0 saturated carbocycles. The van der Waals surface area contributed by atoms with Crippen LogP contribution >= 0.6 is 23.2 Å². The van der Waals surface area contributed by atoms with Crippen molar-refractivity contribution in [3.63, 3.8) is 0 Å². The Labute approximate surface area is 179 Å². The summed E-state index contributed by atoms with van der Waals surface area (Å²) in [6.45, 7) is 5.41. The van der Waals surface area contributed by atoms with E-state index in [2.05, 4.69) is 6.07 Å². The molecule has 1 fully saturated rings. The summed E-state index contributed by atoms with van der Waals surface area (Å²) in [5.74, 6) is -1.14. The number of halogens is 3. The number of nitriles is 1. The van der Waals surface area contributed by atoms with Crippen LogP contribution in [0.3, 0.4) is 0 Å². The van der Waals surface area contributed by atoms with Gasteiger partial charge in [-0.15, -0.1) is 0 Å². The molecule has 2 aromatic carbocycles. The highest BCUT2D eigenvalue weighted by Crippen LogP contribution is 2.42. The summed E-state index contributed by atoms with van der Waals surface area (Å²) in [6.07, 6.45) is 0.159. The molecule has 1 aliphatic rings. The van der Waals surface area contributed by atoms with Crippen LogP contribution < -0.4 is 4.90 Å². The second-order valence-corrected chi connectivity index (χ2v) is 9.00. The molecule has 0 amide bonds. The van der Waals surface area contributed by atoms with Gasteiger partial charge in [0.25, 0.3) is 0 Å². The van der Waals surface area contributed by atoms with E-state index in [1.807, 2.05) is 0 Å². The average Bonchev–Trinajstić information content (AvgIpc) is 3.04. The van der Waals surface area contributed by atoms with Gasteiger partial charge in [0, 0.05) is 18.0 Å². The van der Waals surface area contributed by atoms with Gasteiger partial charge in [0.05, 0.1) is 16.8 Å². The van der Waals surface area contributed by atoms with Crippen molar-refractivity contribution in [1.29, 1.82) is 5.26 Å². The first-order chi connectivity index (χ1) is 13.6. The molecule has 7 heteroatoms. The fourth-order valence-corrected chi connectivity index (χ4v) is 3.87. The zero-order valence-electron chi connectivity index (χ0n) is 16.4. The molecule has 1 aliphatic heterocycles. The van der Waals surface area contributed by atoms with E-state index < -0.39 is 28.8 Å². The number of carbonyl (C=O) groups excluding carboxylic acids is 1. The van der Waals surface area contributed by atoms with Crippen molar-refractivity contribution in [2.24, 2.45) is 0 Å². The Morgan fingerprint density at radius 1 is 1.24 bits per heavy atom. The van der Waals surface area contributed by atoms with Crippen molar-refractivity contribution in [1.82, 2.24) is 0 Å². The molecule has 1 saturated heterocycles. The first-order valence-electron chi connectivity index (χ1n) is 9.17. The van der Waals surface area contributed by atoms with Gasteiger partial charge in [-0.05, 0) is 50.6 Å². The Morgan fingerprint density at radius 3 is 2.48 bits per heavy atom. The number of hydrogen-bond donors (Lipinski definition) is 0. The summed E-state index contributed by atoms with van der Waals surface area (Å²) in [4.78, 5) is 14.6. The van der Waals surface area contributed by atoms with E-state index >= 15 is 0 Å². The summed E-state index contributed by atoms with van der Waals surface area (Å²) in [6, 6.07) is 13.0. The van der Waals surface area contributed by atoms with Crippen molar-refractivity contribution in [2.45, 2.75) is 44.2 Å². The van der Waals surface area contributed by atoms with Crippen molar-refractivity contribution >= 4 is 34.9 Å². The van der Waals surface area contributed by atoms with Crippen molar-refractivity contribution in [3.05, 3.63) is 63.9 Å². The number of hydrogen-bond acceptors (Lipinski definition) is 4. The fourth-order valence-electron chi connectivity index (χ4n) is 3.58. The minimum atomic E-state index is -1.03. The lowest BCUT2D eigenvalue weighted by Gasteiger charge is -2.29. The van der Waals surface area contributed by atoms with Gasteiger partial charge in [0.2, 0.25) is 0 Å². The van der Waals surface area contributed by atoms with Gasteiger partial charge < -0.3 is 9.64 Å². The zero-order valence-corrected chi connectivity index (χ0v) is 17.9. The van der Waals surface area contributed by atoms with Gasteiger partial charge in [-0.3, -0.25) is 0 Å². The Bertz CT molecular complexity index is 966. The first-order valence-corrected chi connectivity index (χ1v) is 9.93. The van der Waals surface area contributed by atoms with Gasteiger partial charge in [0.1, 0.15) is 17.1 Å². The largest absolute Gasteiger partial charge is 0.458 e. The molecule has 2 atom stereocenters. The van der Waals surface area contributed by atoms with Crippen LogP contribution in [0.15, 0.2) is 42.5 Å². The van der Waals surface area contributed by atoms with Gasteiger partial charge in [0.15, 0.2) is 5.82 Å². The Hall–Kier alpha value is -2.29. The predicted octanol–water partition coefficient (Wildman–Crippen LogP) is 5.51. The van der Waals surface area contributed by atoms with E-state index in [0.717, 1.165) is 0 Å². The second-order valence-electron chi connectivity index (χ2n) is 8.16. The molecule has 2 aromatic rings. The Morgan fingerprint density at radius 2 is 1.90 bits per heavy atom. The minimum Gasteiger partial charge on any atom is -0.458 e. The predicted molar refractivity (Wildman–Crippen MR) is 112 cm³/mol. The van der Waals surface area contributed by atoms with E-state index in [0.29, 0.717) is 10.6 Å². The van der Waals surface area contributed by atoms with Crippen LogP contribution in [0.1, 0.15) is 32.8 Å². The molecule has 0 spiro atoms. The number of anilines is 1. The van der Waals surface area contributed by atoms with E-state index in [9.17, 15) is 14.4 Å². The summed E-state index contributed by atoms with van der Waals surface area (Å²) >= 11 is 12.0. The molecule has 29 heavy (non-hydrogen) atoms. The molecule has 3 rings (SSSR count). The highest BCUT2D eigenvalue weighted by atomic mass is 35.5. The van der Waals surface area contributed by atoms with E-state index in [1.165, 1.54) is 6.07 Å². The molecular formula is C22H21Cl2FN2O2. The number of benzene rings is 2. The summed E-state index contributed by atoms with van der Waals surface area (Å²) < 4.78 is 20.4. The quantitative estimate of drug-likeness (QED) is 0.597. The topological polar surface area (TPSA) is 53.3 Å². The maximum atomic E-state index is 14.8. The van der Waals surface area contributed by atoms with Crippen molar-refractivity contribution < 1.29 is 13.9 Å². The van der Waals surface area contributed by atoms with Gasteiger partial charge in [-0.2, -0.15) is 5.26 Å². The smallest absolute Gasteiger partial charge is 0.329 e. The van der Waals surface area contributed by atoms with Gasteiger partial charge >= 0.3 is 5.97 Å². The van der Waals surface area contributed by atoms with E-state index in [-0.39, 0.29) is 23.7 Å². The van der Waals surface area contributed by atoms with Crippen molar-refractivity contribution in [2.75, 3.05) is 11.4 Å². The highest BCUT2D eigenvalue weighted by Gasteiger charge is 2.50. The first kappa shape index (κ1) is 21.4. The van der Waals surface area contributed by atoms with Gasteiger partial charge in [-0.1, -0.05) is 41.4 Å². The molecule has 0 radical (unpaired) electrons. The lowest BCUT2D eigenvalue weighted by atomic mass is 9.80. The molecule has 2 unspecified atom stereocenters. The van der Waals surface area contributed by atoms with E-state index in [4.69, 9.17) is 27.9 Å². The fraction of sp³-hybridized carbons (Fsp3) is 0.364. The average molecular weight is 435 g/mol. The monoisotopic (exact) mass is 434 g/mol. The van der Waals surface area contributed by atoms with Crippen LogP contribution in [-0.4, -0.2) is 24.2 Å². The van der Waals surface area contributed by atoms with Crippen molar-refractivity contribution in [3.8, 4) is 6.07 Å². The summed E-state index contributed by atoms with van der Waals surface area (Å²) in [7, 11) is 0. The molecule has 0 aliphatic carbocycles. The number of esters is 1. The minimum absolute atomic E-state index is 0.0496. The second kappa shape index (κ2) is 7.85. The summed E-state index contributed by atoms with van der Waals surface area (Å²) in [5.41, 5.74) is -0.864. The van der Waals surface area contributed by atoms with Crippen LogP contribution in [0.2, 0.25) is 10.0 Å². The Kier molecular flexibility index (Phi) is 5.80. The molecule has 0 bridgehead atoms. The third-order valence-corrected chi connectivity index (χ3v) is 5.43. The SMILES string of the molecule is CC(C)(C)OC(=O)C1CC(C#N)(c2ccc(Cl)cc2)CN1c1cccc(Cl)c1F. The normalized spacial score (nSPS) is 21.7. The van der Waals surface area contributed by atoms with Gasteiger partial charge in [-0.25, -0.2) is 9.18 Å². The molecule has 4 nitrogen and oxygen atoms in total. The number of nitrogens with zero attached hydrogens (tertiary/aromatic N) is 2. The lowest BCUT2D eigenvalue weighted by Crippen LogP contribution is -2.41. The van der Waals surface area contributed by atoms with Crippen LogP contribution in [0.5, 0.6) is 0 Å². The maximum Gasteiger partial charge on any atom is 0.329 e. The maximum absolute atomic E-state index is 14.8. The third-order valence-electron chi connectivity index (χ3n) is 4.89. The molecule has 152 valence electrons. The van der Waals surface area contributed by atoms with Crippen LogP contribution in [0.4, 0.5) is 10.1 Å². The Balaban J connectivity index is 2.08. The highest BCUT2D eigenvalue weighted by molar-refractivity contribution is 6.31. The number of rotatable bonds is 3. The number of carbonyl (C=O) groups is 1. The molecule has 0 N–H and O–H groups in total. The molecular weight excluding hydrogens is 414 g/mol. The number of ether oxygens (including phenoxy) is 1. The standard InChI is InChI=1S/C22H21Cl2FN2O2/c1-21(2,3)29-20(28)18-11-22(12-26,14-7-9-15(23)10-8-14)13-27(18)17-6-4-5-16(24)19(17)25/h4-10,18H,11,13H2,1-3H3. The van der Waals surface area contributed by atoms with Crippen LogP contribution in [0, 0.1) is 17.1 Å². The molecule has 0 aromatic heterocycles. The van der Waals surface area contributed by atoms with Crippen LogP contribution in [0.25, 0.3) is 0 Å².